The SMILES string of the molecule is CN1Cc2ccccc2NC2C=CC=CC21. The number of fused-ring (bicyclic) bond motifs is 2. The smallest absolute Gasteiger partial charge is 0.0639 e. The third-order valence-corrected chi connectivity index (χ3v) is 3.37. The van der Waals surface area contributed by atoms with Gasteiger partial charge < -0.3 is 5.32 Å². The van der Waals surface area contributed by atoms with Gasteiger partial charge in [0.1, 0.15) is 0 Å². The van der Waals surface area contributed by atoms with Gasteiger partial charge in [-0.15, -0.1) is 0 Å². The molecule has 1 aromatic carbocycles. The number of para-hydroxylation sites is 1. The lowest BCUT2D eigenvalue weighted by atomic mass is 10.0. The molecule has 0 fully saturated rings. The normalized spacial score (nSPS) is 27.8. The van der Waals surface area contributed by atoms with E-state index in [-0.39, 0.29) is 0 Å². The zero-order valence-electron chi connectivity index (χ0n) is 9.43. The summed E-state index contributed by atoms with van der Waals surface area (Å²) >= 11 is 0. The molecular weight excluding hydrogens is 196 g/mol. The van der Waals surface area contributed by atoms with Crippen molar-refractivity contribution in [3.63, 3.8) is 0 Å². The van der Waals surface area contributed by atoms with Crippen molar-refractivity contribution in [2.45, 2.75) is 18.6 Å². The molecular formula is C14H16N2. The molecule has 0 radical (unpaired) electrons. The van der Waals surface area contributed by atoms with E-state index in [1.54, 1.807) is 0 Å². The van der Waals surface area contributed by atoms with E-state index < -0.39 is 0 Å². The Balaban J connectivity index is 2.00. The van der Waals surface area contributed by atoms with Crippen LogP contribution in [0.3, 0.4) is 0 Å². The van der Waals surface area contributed by atoms with E-state index in [2.05, 4.69) is 65.8 Å². The minimum absolute atomic E-state index is 0.388. The minimum atomic E-state index is 0.388. The minimum Gasteiger partial charge on any atom is -0.377 e. The molecule has 1 aliphatic heterocycles. The van der Waals surface area contributed by atoms with Crippen molar-refractivity contribution in [3.8, 4) is 0 Å². The van der Waals surface area contributed by atoms with Gasteiger partial charge in [-0.05, 0) is 18.7 Å². The fourth-order valence-corrected chi connectivity index (χ4v) is 2.50. The van der Waals surface area contributed by atoms with E-state index >= 15 is 0 Å². The molecule has 16 heavy (non-hydrogen) atoms. The molecule has 3 rings (SSSR count). The Kier molecular flexibility index (Phi) is 2.29. The molecule has 2 atom stereocenters. The van der Waals surface area contributed by atoms with Crippen molar-refractivity contribution in [2.75, 3.05) is 12.4 Å². The van der Waals surface area contributed by atoms with Crippen LogP contribution in [0.1, 0.15) is 5.56 Å². The summed E-state index contributed by atoms with van der Waals surface area (Å²) < 4.78 is 0. The van der Waals surface area contributed by atoms with E-state index in [1.807, 2.05) is 0 Å². The molecule has 2 aliphatic rings. The van der Waals surface area contributed by atoms with Crippen LogP contribution in [0.25, 0.3) is 0 Å². The van der Waals surface area contributed by atoms with Gasteiger partial charge in [-0.2, -0.15) is 0 Å². The van der Waals surface area contributed by atoms with Gasteiger partial charge in [-0.25, -0.2) is 0 Å². The van der Waals surface area contributed by atoms with Crippen LogP contribution in [-0.4, -0.2) is 24.0 Å². The maximum absolute atomic E-state index is 3.61. The summed E-state index contributed by atoms with van der Waals surface area (Å²) in [6.07, 6.45) is 8.76. The molecule has 0 spiro atoms. The monoisotopic (exact) mass is 212 g/mol. The van der Waals surface area contributed by atoms with Crippen LogP contribution in [0.5, 0.6) is 0 Å². The first-order valence-corrected chi connectivity index (χ1v) is 5.74. The first-order valence-electron chi connectivity index (χ1n) is 5.74. The van der Waals surface area contributed by atoms with Crippen molar-refractivity contribution >= 4 is 5.69 Å². The van der Waals surface area contributed by atoms with Gasteiger partial charge in [-0.3, -0.25) is 4.90 Å². The molecule has 1 aliphatic carbocycles. The van der Waals surface area contributed by atoms with Gasteiger partial charge >= 0.3 is 0 Å². The number of anilines is 1. The summed E-state index contributed by atoms with van der Waals surface area (Å²) in [5.41, 5.74) is 2.64. The van der Waals surface area contributed by atoms with Gasteiger partial charge in [-0.1, -0.05) is 42.5 Å². The average molecular weight is 212 g/mol. The topological polar surface area (TPSA) is 15.3 Å². The number of rotatable bonds is 0. The highest BCUT2D eigenvalue weighted by molar-refractivity contribution is 5.54. The van der Waals surface area contributed by atoms with Crippen LogP contribution < -0.4 is 5.32 Å². The number of hydrogen-bond acceptors (Lipinski definition) is 2. The van der Waals surface area contributed by atoms with Gasteiger partial charge in [0.2, 0.25) is 0 Å². The van der Waals surface area contributed by atoms with Crippen LogP contribution in [0, 0.1) is 0 Å². The van der Waals surface area contributed by atoms with Gasteiger partial charge in [0.15, 0.2) is 0 Å². The first kappa shape index (κ1) is 9.67. The largest absolute Gasteiger partial charge is 0.377 e. The van der Waals surface area contributed by atoms with Crippen LogP contribution in [0.4, 0.5) is 5.69 Å². The number of nitrogens with zero attached hydrogens (tertiary/aromatic N) is 1. The van der Waals surface area contributed by atoms with E-state index in [0.717, 1.165) is 6.54 Å². The Bertz CT molecular complexity index is 448. The molecule has 1 N–H and O–H groups in total. The standard InChI is InChI=1S/C14H16N2/c1-16-10-11-6-2-3-7-12(11)15-13-8-4-5-9-14(13)16/h2-9,13-15H,10H2,1H3. The predicted molar refractivity (Wildman–Crippen MR) is 67.4 cm³/mol. The van der Waals surface area contributed by atoms with Crippen molar-refractivity contribution in [2.24, 2.45) is 0 Å². The third kappa shape index (κ3) is 1.55. The van der Waals surface area contributed by atoms with Gasteiger partial charge in [0, 0.05) is 12.2 Å². The van der Waals surface area contributed by atoms with Crippen molar-refractivity contribution in [1.82, 2.24) is 4.90 Å². The average Bonchev–Trinajstić information content (AvgIpc) is 2.45. The lowest BCUT2D eigenvalue weighted by molar-refractivity contribution is 0.269. The summed E-state index contributed by atoms with van der Waals surface area (Å²) in [6.45, 7) is 1.00. The van der Waals surface area contributed by atoms with E-state index in [1.165, 1.54) is 11.3 Å². The molecule has 0 bridgehead atoms. The number of nitrogens with one attached hydrogen (secondary N) is 1. The third-order valence-electron chi connectivity index (χ3n) is 3.37. The van der Waals surface area contributed by atoms with Crippen molar-refractivity contribution < 1.29 is 0 Å². The van der Waals surface area contributed by atoms with E-state index in [4.69, 9.17) is 0 Å². The summed E-state index contributed by atoms with van der Waals surface area (Å²) in [5.74, 6) is 0. The summed E-state index contributed by atoms with van der Waals surface area (Å²) in [4.78, 5) is 2.39. The van der Waals surface area contributed by atoms with E-state index in [0.29, 0.717) is 12.1 Å². The lowest BCUT2D eigenvalue weighted by Gasteiger charge is -2.29. The number of benzene rings is 1. The molecule has 0 aromatic heterocycles. The fourth-order valence-electron chi connectivity index (χ4n) is 2.50. The summed E-state index contributed by atoms with van der Waals surface area (Å²) in [6, 6.07) is 9.40. The zero-order valence-corrected chi connectivity index (χ0v) is 9.43. The van der Waals surface area contributed by atoms with Gasteiger partial charge in [0.25, 0.3) is 0 Å². The lowest BCUT2D eigenvalue weighted by Crippen LogP contribution is -2.41. The maximum atomic E-state index is 3.61. The molecule has 2 unspecified atom stereocenters. The Morgan fingerprint density at radius 2 is 2.00 bits per heavy atom. The second-order valence-electron chi connectivity index (χ2n) is 4.50. The Labute approximate surface area is 96.3 Å². The van der Waals surface area contributed by atoms with Crippen LogP contribution in [-0.2, 0) is 6.54 Å². The highest BCUT2D eigenvalue weighted by Crippen LogP contribution is 2.26. The second kappa shape index (κ2) is 3.80. The molecule has 1 heterocycles. The van der Waals surface area contributed by atoms with Crippen LogP contribution in [0.2, 0.25) is 0 Å². The molecule has 0 amide bonds. The first-order chi connectivity index (χ1) is 7.84. The van der Waals surface area contributed by atoms with Crippen LogP contribution in [0.15, 0.2) is 48.6 Å². The number of likely N-dealkylation sites (N-methyl/N-ethyl adjacent to an activating group) is 1. The van der Waals surface area contributed by atoms with E-state index in [9.17, 15) is 0 Å². The second-order valence-corrected chi connectivity index (χ2v) is 4.50. The fraction of sp³-hybridized carbons (Fsp3) is 0.286. The molecule has 0 saturated heterocycles. The molecule has 2 heteroatoms. The van der Waals surface area contributed by atoms with Crippen LogP contribution >= 0.6 is 0 Å². The quantitative estimate of drug-likeness (QED) is 0.710. The highest BCUT2D eigenvalue weighted by atomic mass is 15.2. The number of hydrogen-bond donors (Lipinski definition) is 1. The zero-order chi connectivity index (χ0) is 11.0. The Morgan fingerprint density at radius 3 is 2.94 bits per heavy atom. The molecule has 0 saturated carbocycles. The predicted octanol–water partition coefficient (Wildman–Crippen LogP) is 2.41. The maximum Gasteiger partial charge on any atom is 0.0639 e. The highest BCUT2D eigenvalue weighted by Gasteiger charge is 2.26. The van der Waals surface area contributed by atoms with Crippen molar-refractivity contribution in [1.29, 1.82) is 0 Å². The Hall–Kier alpha value is -1.54. The van der Waals surface area contributed by atoms with Crippen molar-refractivity contribution in [3.05, 3.63) is 54.1 Å². The summed E-state index contributed by atoms with van der Waals surface area (Å²) in [5, 5.41) is 3.61. The molecule has 1 aromatic rings. The summed E-state index contributed by atoms with van der Waals surface area (Å²) in [7, 11) is 2.19. The Morgan fingerprint density at radius 1 is 1.19 bits per heavy atom. The van der Waals surface area contributed by atoms with Gasteiger partial charge in [0.05, 0.1) is 12.1 Å². The molecule has 2 nitrogen and oxygen atoms in total. The number of allylic oxidation sites excluding steroid dienone is 2. The molecule has 82 valence electrons.